The van der Waals surface area contributed by atoms with Gasteiger partial charge in [-0.05, 0) is 24.9 Å². The van der Waals surface area contributed by atoms with Crippen LogP contribution < -0.4 is 0 Å². The molecule has 1 aliphatic rings. The molecule has 1 saturated heterocycles. The lowest BCUT2D eigenvalue weighted by Gasteiger charge is -2.22. The molecule has 1 aliphatic heterocycles. The van der Waals surface area contributed by atoms with Crippen molar-refractivity contribution in [3.63, 3.8) is 0 Å². The van der Waals surface area contributed by atoms with Gasteiger partial charge in [-0.1, -0.05) is 30.3 Å². The number of nitrogens with zero attached hydrogens (tertiary/aromatic N) is 2. The minimum atomic E-state index is 0.537. The number of hydrogen-bond acceptors (Lipinski definition) is 3. The summed E-state index contributed by atoms with van der Waals surface area (Å²) in [5.74, 6) is 0. The van der Waals surface area contributed by atoms with Gasteiger partial charge in [-0.2, -0.15) is 0 Å². The Kier molecular flexibility index (Phi) is 3.20. The van der Waals surface area contributed by atoms with Gasteiger partial charge >= 0.3 is 0 Å². The molecule has 1 atom stereocenters. The largest absolute Gasteiger partial charge is 0.290 e. The highest BCUT2D eigenvalue weighted by Crippen LogP contribution is 2.33. The lowest BCUT2D eigenvalue weighted by atomic mass is 10.2. The summed E-state index contributed by atoms with van der Waals surface area (Å²) < 4.78 is 0. The Morgan fingerprint density at radius 2 is 2.18 bits per heavy atom. The van der Waals surface area contributed by atoms with Crippen LogP contribution in [0.4, 0.5) is 0 Å². The average molecular weight is 244 g/mol. The molecule has 0 spiro atoms. The van der Waals surface area contributed by atoms with Crippen molar-refractivity contribution >= 4 is 11.3 Å². The summed E-state index contributed by atoms with van der Waals surface area (Å²) in [5, 5.41) is 3.35. The molecule has 17 heavy (non-hydrogen) atoms. The first kappa shape index (κ1) is 10.9. The van der Waals surface area contributed by atoms with Crippen LogP contribution in [0.1, 0.15) is 29.5 Å². The van der Waals surface area contributed by atoms with E-state index in [9.17, 15) is 0 Å². The normalized spacial score (nSPS) is 20.8. The van der Waals surface area contributed by atoms with Crippen LogP contribution in [0.5, 0.6) is 0 Å². The lowest BCUT2D eigenvalue weighted by Crippen LogP contribution is -2.22. The molecule has 1 unspecified atom stereocenters. The Bertz CT molecular complexity index is 452. The first-order chi connectivity index (χ1) is 8.43. The van der Waals surface area contributed by atoms with Gasteiger partial charge in [0.15, 0.2) is 0 Å². The summed E-state index contributed by atoms with van der Waals surface area (Å²) in [6.07, 6.45) is 4.45. The molecule has 0 N–H and O–H groups in total. The van der Waals surface area contributed by atoms with E-state index in [1.165, 1.54) is 30.0 Å². The fourth-order valence-electron chi connectivity index (χ4n) is 2.51. The number of likely N-dealkylation sites (tertiary alicyclic amines) is 1. The van der Waals surface area contributed by atoms with Gasteiger partial charge in [-0.25, -0.2) is 4.98 Å². The molecule has 3 heteroatoms. The number of aromatic nitrogens is 1. The maximum atomic E-state index is 4.47. The van der Waals surface area contributed by atoms with Crippen molar-refractivity contribution < 1.29 is 0 Å². The third kappa shape index (κ3) is 2.40. The Morgan fingerprint density at radius 1 is 1.29 bits per heavy atom. The second kappa shape index (κ2) is 4.98. The smallest absolute Gasteiger partial charge is 0.110 e. The zero-order valence-corrected chi connectivity index (χ0v) is 10.6. The van der Waals surface area contributed by atoms with Crippen LogP contribution in [0.25, 0.3) is 0 Å². The molecule has 3 rings (SSSR count). The molecule has 0 amide bonds. The van der Waals surface area contributed by atoms with Crippen LogP contribution in [0, 0.1) is 0 Å². The maximum absolute atomic E-state index is 4.47. The number of thiazole rings is 1. The van der Waals surface area contributed by atoms with Gasteiger partial charge in [-0.15, -0.1) is 11.3 Å². The van der Waals surface area contributed by atoms with Crippen LogP contribution in [0.3, 0.4) is 0 Å². The number of benzene rings is 1. The molecule has 1 fully saturated rings. The average Bonchev–Trinajstić information content (AvgIpc) is 3.00. The van der Waals surface area contributed by atoms with Gasteiger partial charge in [-0.3, -0.25) is 4.90 Å². The van der Waals surface area contributed by atoms with E-state index in [4.69, 9.17) is 0 Å². The van der Waals surface area contributed by atoms with E-state index < -0.39 is 0 Å². The van der Waals surface area contributed by atoms with E-state index in [-0.39, 0.29) is 0 Å². The topological polar surface area (TPSA) is 16.1 Å². The van der Waals surface area contributed by atoms with Crippen LogP contribution in [-0.4, -0.2) is 16.4 Å². The molecular weight excluding hydrogens is 228 g/mol. The Morgan fingerprint density at radius 3 is 2.94 bits per heavy atom. The Hall–Kier alpha value is -1.19. The van der Waals surface area contributed by atoms with Crippen molar-refractivity contribution in [3.8, 4) is 0 Å². The fourth-order valence-corrected chi connectivity index (χ4v) is 3.32. The van der Waals surface area contributed by atoms with Crippen molar-refractivity contribution in [2.24, 2.45) is 0 Å². The number of rotatable bonds is 3. The van der Waals surface area contributed by atoms with Gasteiger partial charge in [0.05, 0.1) is 6.04 Å². The van der Waals surface area contributed by atoms with Gasteiger partial charge in [0.2, 0.25) is 0 Å². The number of hydrogen-bond donors (Lipinski definition) is 0. The standard InChI is InChI=1S/C14H16N2S/c1-2-5-12(6-3-1)11-16-9-4-7-13(16)14-15-8-10-17-14/h1-3,5-6,8,10,13H,4,7,9,11H2. The molecule has 2 nitrogen and oxygen atoms in total. The molecule has 0 aliphatic carbocycles. The van der Waals surface area contributed by atoms with Crippen molar-refractivity contribution in [1.82, 2.24) is 9.88 Å². The van der Waals surface area contributed by atoms with Crippen molar-refractivity contribution in [2.45, 2.75) is 25.4 Å². The monoisotopic (exact) mass is 244 g/mol. The second-order valence-electron chi connectivity index (χ2n) is 4.48. The molecular formula is C14H16N2S. The predicted octanol–water partition coefficient (Wildman–Crippen LogP) is 3.48. The van der Waals surface area contributed by atoms with E-state index in [0.29, 0.717) is 6.04 Å². The highest BCUT2D eigenvalue weighted by Gasteiger charge is 2.27. The quantitative estimate of drug-likeness (QED) is 0.821. The first-order valence-corrected chi connectivity index (χ1v) is 6.99. The summed E-state index contributed by atoms with van der Waals surface area (Å²) in [7, 11) is 0. The van der Waals surface area contributed by atoms with Gasteiger partial charge < -0.3 is 0 Å². The summed E-state index contributed by atoms with van der Waals surface area (Å²) in [4.78, 5) is 7.02. The van der Waals surface area contributed by atoms with E-state index in [0.717, 1.165) is 6.54 Å². The maximum Gasteiger partial charge on any atom is 0.110 e. The van der Waals surface area contributed by atoms with Crippen molar-refractivity contribution in [3.05, 3.63) is 52.5 Å². The second-order valence-corrected chi connectivity index (χ2v) is 5.41. The minimum absolute atomic E-state index is 0.537. The van der Waals surface area contributed by atoms with Crippen LogP contribution in [0.15, 0.2) is 41.9 Å². The third-order valence-electron chi connectivity index (χ3n) is 3.33. The van der Waals surface area contributed by atoms with E-state index in [1.807, 2.05) is 6.20 Å². The highest BCUT2D eigenvalue weighted by molar-refractivity contribution is 7.09. The molecule has 0 saturated carbocycles. The zero-order chi connectivity index (χ0) is 11.5. The fraction of sp³-hybridized carbons (Fsp3) is 0.357. The molecule has 1 aromatic carbocycles. The van der Waals surface area contributed by atoms with Gasteiger partial charge in [0.1, 0.15) is 5.01 Å². The van der Waals surface area contributed by atoms with Crippen LogP contribution in [-0.2, 0) is 6.54 Å². The zero-order valence-electron chi connectivity index (χ0n) is 9.75. The van der Waals surface area contributed by atoms with E-state index in [1.54, 1.807) is 11.3 Å². The first-order valence-electron chi connectivity index (χ1n) is 6.11. The molecule has 0 bridgehead atoms. The molecule has 1 aromatic heterocycles. The molecule has 2 aromatic rings. The van der Waals surface area contributed by atoms with Crippen molar-refractivity contribution in [1.29, 1.82) is 0 Å². The molecule has 88 valence electrons. The third-order valence-corrected chi connectivity index (χ3v) is 4.21. The van der Waals surface area contributed by atoms with Gasteiger partial charge in [0.25, 0.3) is 0 Å². The minimum Gasteiger partial charge on any atom is -0.290 e. The van der Waals surface area contributed by atoms with E-state index >= 15 is 0 Å². The van der Waals surface area contributed by atoms with E-state index in [2.05, 4.69) is 45.6 Å². The van der Waals surface area contributed by atoms with Crippen LogP contribution in [0.2, 0.25) is 0 Å². The summed E-state index contributed by atoms with van der Waals surface area (Å²) in [6, 6.07) is 11.3. The summed E-state index contributed by atoms with van der Waals surface area (Å²) in [5.41, 5.74) is 1.40. The Balaban J connectivity index is 1.75. The predicted molar refractivity (Wildman–Crippen MR) is 70.9 cm³/mol. The van der Waals surface area contributed by atoms with Crippen molar-refractivity contribution in [2.75, 3.05) is 6.54 Å². The summed E-state index contributed by atoms with van der Waals surface area (Å²) >= 11 is 1.78. The van der Waals surface area contributed by atoms with Crippen LogP contribution >= 0.6 is 11.3 Å². The lowest BCUT2D eigenvalue weighted by molar-refractivity contribution is 0.248. The molecule has 2 heterocycles. The highest BCUT2D eigenvalue weighted by atomic mass is 32.1. The summed E-state index contributed by atoms with van der Waals surface area (Å²) in [6.45, 7) is 2.24. The molecule has 0 radical (unpaired) electrons. The SMILES string of the molecule is c1ccc(CN2CCCC2c2nccs2)cc1. The van der Waals surface area contributed by atoms with Gasteiger partial charge in [0, 0.05) is 18.1 Å². The Labute approximate surface area is 106 Å².